The van der Waals surface area contributed by atoms with E-state index in [-0.39, 0.29) is 6.42 Å². The monoisotopic (exact) mass is 381 g/mol. The minimum Gasteiger partial charge on any atom is -0.453 e. The Kier molecular flexibility index (Phi) is 5.22. The van der Waals surface area contributed by atoms with Crippen LogP contribution in [0.25, 0.3) is 0 Å². The summed E-state index contributed by atoms with van der Waals surface area (Å²) in [5.41, 5.74) is 1.35. The standard InChI is InChI=1S/C18H14F3NO3S/c19-18(20,21)10-26-15-8-4-3-7-13(15)22-16(23)9-14-11-5-1-2-6-12(11)17(24)25-14/h1-8,14H,9-10H2,(H,22,23)/t14-/m1/s1. The number of anilines is 1. The number of amides is 1. The number of hydrogen-bond donors (Lipinski definition) is 1. The van der Waals surface area contributed by atoms with Crippen LogP contribution in [-0.2, 0) is 9.53 Å². The van der Waals surface area contributed by atoms with Gasteiger partial charge in [0.2, 0.25) is 5.91 Å². The van der Waals surface area contributed by atoms with Crippen LogP contribution in [0, 0.1) is 0 Å². The van der Waals surface area contributed by atoms with Crippen molar-refractivity contribution in [1.82, 2.24) is 0 Å². The van der Waals surface area contributed by atoms with Gasteiger partial charge in [0.05, 0.1) is 23.4 Å². The van der Waals surface area contributed by atoms with E-state index in [1.807, 2.05) is 0 Å². The quantitative estimate of drug-likeness (QED) is 0.608. The SMILES string of the molecule is O=C(C[C@H]1OC(=O)c2ccccc21)Nc1ccccc1SCC(F)(F)F. The number of fused-ring (bicyclic) bond motifs is 1. The van der Waals surface area contributed by atoms with Crippen molar-refractivity contribution in [2.24, 2.45) is 0 Å². The molecule has 8 heteroatoms. The molecule has 0 bridgehead atoms. The number of carbonyl (C=O) groups is 2. The van der Waals surface area contributed by atoms with Crippen LogP contribution in [0.15, 0.2) is 53.4 Å². The molecule has 0 aliphatic carbocycles. The van der Waals surface area contributed by atoms with Gasteiger partial charge in [-0.1, -0.05) is 30.3 Å². The van der Waals surface area contributed by atoms with Gasteiger partial charge in [-0.05, 0) is 18.2 Å². The number of esters is 1. The van der Waals surface area contributed by atoms with Crippen molar-refractivity contribution >= 4 is 29.3 Å². The summed E-state index contributed by atoms with van der Waals surface area (Å²) in [4.78, 5) is 24.4. The number of nitrogens with one attached hydrogen (secondary N) is 1. The van der Waals surface area contributed by atoms with Crippen molar-refractivity contribution in [3.8, 4) is 0 Å². The van der Waals surface area contributed by atoms with Gasteiger partial charge >= 0.3 is 12.1 Å². The second kappa shape index (κ2) is 7.41. The number of ether oxygens (including phenoxy) is 1. The second-order valence-corrected chi connectivity index (χ2v) is 6.65. The van der Waals surface area contributed by atoms with E-state index in [4.69, 9.17) is 4.74 Å². The van der Waals surface area contributed by atoms with Crippen LogP contribution in [0.1, 0.15) is 28.4 Å². The topological polar surface area (TPSA) is 55.4 Å². The third-order valence-corrected chi connectivity index (χ3v) is 4.84. The molecule has 2 aromatic rings. The van der Waals surface area contributed by atoms with E-state index in [0.717, 1.165) is 0 Å². The maximum Gasteiger partial charge on any atom is 0.398 e. The van der Waals surface area contributed by atoms with E-state index in [0.29, 0.717) is 33.5 Å². The fraction of sp³-hybridized carbons (Fsp3) is 0.222. The normalized spacial score (nSPS) is 16.1. The van der Waals surface area contributed by atoms with Crippen LogP contribution in [-0.4, -0.2) is 23.8 Å². The summed E-state index contributed by atoms with van der Waals surface area (Å²) in [6.07, 6.45) is -5.11. The molecule has 1 aliphatic heterocycles. The number of para-hydroxylation sites is 1. The molecule has 0 unspecified atom stereocenters. The van der Waals surface area contributed by atoms with E-state index in [2.05, 4.69) is 5.32 Å². The number of halogens is 3. The molecular weight excluding hydrogens is 367 g/mol. The zero-order valence-corrected chi connectivity index (χ0v) is 14.2. The third-order valence-electron chi connectivity index (χ3n) is 3.70. The molecule has 0 saturated heterocycles. The summed E-state index contributed by atoms with van der Waals surface area (Å²) in [7, 11) is 0. The predicted molar refractivity (Wildman–Crippen MR) is 91.1 cm³/mol. The lowest BCUT2D eigenvalue weighted by Gasteiger charge is -2.14. The lowest BCUT2D eigenvalue weighted by atomic mass is 10.0. The van der Waals surface area contributed by atoms with Crippen molar-refractivity contribution in [2.75, 3.05) is 11.1 Å². The summed E-state index contributed by atoms with van der Waals surface area (Å²) in [5.74, 6) is -1.98. The first-order valence-electron chi connectivity index (χ1n) is 7.72. The number of alkyl halides is 3. The van der Waals surface area contributed by atoms with Crippen LogP contribution >= 0.6 is 11.8 Å². The van der Waals surface area contributed by atoms with Crippen LogP contribution in [0.2, 0.25) is 0 Å². The number of carbonyl (C=O) groups excluding carboxylic acids is 2. The summed E-state index contributed by atoms with van der Waals surface area (Å²) in [5, 5.41) is 2.60. The van der Waals surface area contributed by atoms with Crippen molar-refractivity contribution in [3.05, 3.63) is 59.7 Å². The van der Waals surface area contributed by atoms with Gasteiger partial charge in [-0.2, -0.15) is 13.2 Å². The van der Waals surface area contributed by atoms with Gasteiger partial charge in [0.25, 0.3) is 0 Å². The number of cyclic esters (lactones) is 1. The molecule has 4 nitrogen and oxygen atoms in total. The Morgan fingerprint density at radius 1 is 1.12 bits per heavy atom. The summed E-state index contributed by atoms with van der Waals surface area (Å²) < 4.78 is 42.5. The van der Waals surface area contributed by atoms with E-state index in [1.54, 1.807) is 36.4 Å². The zero-order valence-electron chi connectivity index (χ0n) is 13.4. The van der Waals surface area contributed by atoms with Gasteiger partial charge in [-0.15, -0.1) is 11.8 Å². The number of benzene rings is 2. The molecule has 0 aromatic heterocycles. The predicted octanol–water partition coefficient (Wildman–Crippen LogP) is 4.58. The highest BCUT2D eigenvalue weighted by molar-refractivity contribution is 7.99. The highest BCUT2D eigenvalue weighted by Crippen LogP contribution is 2.35. The number of rotatable bonds is 5. The van der Waals surface area contributed by atoms with Crippen molar-refractivity contribution in [1.29, 1.82) is 0 Å². The second-order valence-electron chi connectivity index (χ2n) is 5.63. The van der Waals surface area contributed by atoms with Gasteiger partial charge in [-0.25, -0.2) is 4.79 Å². The van der Waals surface area contributed by atoms with Gasteiger partial charge < -0.3 is 10.1 Å². The average molecular weight is 381 g/mol. The van der Waals surface area contributed by atoms with Gasteiger partial charge in [-0.3, -0.25) is 4.79 Å². The summed E-state index contributed by atoms with van der Waals surface area (Å²) >= 11 is 0.603. The summed E-state index contributed by atoms with van der Waals surface area (Å²) in [6.45, 7) is 0. The molecule has 1 N–H and O–H groups in total. The average Bonchev–Trinajstić information content (AvgIpc) is 2.90. The fourth-order valence-electron chi connectivity index (χ4n) is 2.60. The largest absolute Gasteiger partial charge is 0.453 e. The van der Waals surface area contributed by atoms with Crippen LogP contribution in [0.4, 0.5) is 18.9 Å². The highest BCUT2D eigenvalue weighted by Gasteiger charge is 2.32. The van der Waals surface area contributed by atoms with Gasteiger partial charge in [0.15, 0.2) is 0 Å². The maximum atomic E-state index is 12.4. The molecule has 136 valence electrons. The Bertz CT molecular complexity index is 838. The first kappa shape index (κ1) is 18.3. The highest BCUT2D eigenvalue weighted by atomic mass is 32.2. The number of thioether (sulfide) groups is 1. The minimum absolute atomic E-state index is 0.110. The first-order chi connectivity index (χ1) is 12.3. The van der Waals surface area contributed by atoms with E-state index < -0.39 is 29.9 Å². The van der Waals surface area contributed by atoms with Crippen LogP contribution in [0.3, 0.4) is 0 Å². The molecular formula is C18H14F3NO3S. The molecule has 3 rings (SSSR count). The van der Waals surface area contributed by atoms with E-state index >= 15 is 0 Å². The Labute approximate surface area is 151 Å². The van der Waals surface area contributed by atoms with Crippen molar-refractivity contribution < 1.29 is 27.5 Å². The lowest BCUT2D eigenvalue weighted by Crippen LogP contribution is -2.16. The van der Waals surface area contributed by atoms with Gasteiger partial charge in [0.1, 0.15) is 6.10 Å². The molecule has 1 amide bonds. The Morgan fingerprint density at radius 2 is 1.81 bits per heavy atom. The fourth-order valence-corrected chi connectivity index (χ4v) is 3.36. The Morgan fingerprint density at radius 3 is 2.58 bits per heavy atom. The maximum absolute atomic E-state index is 12.4. The molecule has 2 aromatic carbocycles. The molecule has 0 spiro atoms. The molecule has 0 fully saturated rings. The smallest absolute Gasteiger partial charge is 0.398 e. The van der Waals surface area contributed by atoms with Crippen LogP contribution in [0.5, 0.6) is 0 Å². The Balaban J connectivity index is 1.67. The minimum atomic E-state index is -4.30. The molecule has 26 heavy (non-hydrogen) atoms. The molecule has 0 saturated carbocycles. The Hall–Kier alpha value is -2.48. The molecule has 1 heterocycles. The zero-order chi connectivity index (χ0) is 18.7. The molecule has 1 atom stereocenters. The third kappa shape index (κ3) is 4.37. The molecule has 1 aliphatic rings. The number of hydrogen-bond acceptors (Lipinski definition) is 4. The lowest BCUT2D eigenvalue weighted by molar-refractivity contribution is -0.118. The van der Waals surface area contributed by atoms with Crippen molar-refractivity contribution in [3.63, 3.8) is 0 Å². The summed E-state index contributed by atoms with van der Waals surface area (Å²) in [6, 6.07) is 13.1. The first-order valence-corrected chi connectivity index (χ1v) is 8.70. The van der Waals surface area contributed by atoms with Crippen LogP contribution < -0.4 is 5.32 Å². The molecule has 0 radical (unpaired) electrons. The van der Waals surface area contributed by atoms with E-state index in [1.165, 1.54) is 12.1 Å². The van der Waals surface area contributed by atoms with E-state index in [9.17, 15) is 22.8 Å². The van der Waals surface area contributed by atoms with Crippen molar-refractivity contribution in [2.45, 2.75) is 23.6 Å². The van der Waals surface area contributed by atoms with Gasteiger partial charge in [0, 0.05) is 10.5 Å².